The third-order valence-corrected chi connectivity index (χ3v) is 7.06. The zero-order valence-electron chi connectivity index (χ0n) is 25.7. The molecule has 234 valence electrons. The van der Waals surface area contributed by atoms with Gasteiger partial charge in [-0.3, -0.25) is 19.4 Å². The fraction of sp³-hybridized carbons (Fsp3) is 0.353. The first kappa shape index (κ1) is 33.8. The van der Waals surface area contributed by atoms with Crippen LogP contribution in [0.4, 0.5) is 0 Å². The predicted octanol–water partition coefficient (Wildman–Crippen LogP) is 2.28. The van der Waals surface area contributed by atoms with E-state index in [9.17, 15) is 14.4 Å². The number of carbonyl (C=O) groups excluding carboxylic acids is 3. The van der Waals surface area contributed by atoms with E-state index in [0.29, 0.717) is 32.4 Å². The number of hydrogen-bond acceptors (Lipinski definition) is 5. The van der Waals surface area contributed by atoms with Crippen LogP contribution in [0.2, 0.25) is 0 Å². The molecule has 44 heavy (non-hydrogen) atoms. The number of benzene rings is 3. The van der Waals surface area contributed by atoms with Crippen LogP contribution < -0.4 is 27.4 Å². The van der Waals surface area contributed by atoms with Crippen molar-refractivity contribution >= 4 is 23.7 Å². The highest BCUT2D eigenvalue weighted by Gasteiger charge is 2.27. The first-order valence-corrected chi connectivity index (χ1v) is 15.0. The number of nitrogens with two attached hydrogens (primary N) is 2. The van der Waals surface area contributed by atoms with Gasteiger partial charge >= 0.3 is 0 Å². The van der Waals surface area contributed by atoms with Gasteiger partial charge in [0.2, 0.25) is 17.7 Å². The van der Waals surface area contributed by atoms with Gasteiger partial charge in [-0.25, -0.2) is 0 Å². The molecule has 0 aromatic heterocycles. The van der Waals surface area contributed by atoms with E-state index in [-0.39, 0.29) is 30.2 Å². The molecule has 10 heteroatoms. The molecule has 0 saturated carbocycles. The maximum atomic E-state index is 13.7. The second kappa shape index (κ2) is 18.1. The summed E-state index contributed by atoms with van der Waals surface area (Å²) in [5.74, 6) is -1.19. The normalized spacial score (nSPS) is 11.5. The van der Waals surface area contributed by atoms with E-state index in [1.165, 1.54) is 0 Å². The molecule has 0 aliphatic rings. The van der Waals surface area contributed by atoms with Gasteiger partial charge in [-0.1, -0.05) is 84.9 Å². The van der Waals surface area contributed by atoms with Gasteiger partial charge < -0.3 is 32.3 Å². The van der Waals surface area contributed by atoms with Gasteiger partial charge in [-0.05, 0) is 62.2 Å². The number of guanidine groups is 1. The molecule has 3 rings (SSSR count). The minimum atomic E-state index is -0.790. The number of aliphatic imine (C=N–C) groups is 1. The van der Waals surface area contributed by atoms with Crippen LogP contribution in [-0.2, 0) is 27.3 Å². The van der Waals surface area contributed by atoms with Crippen molar-refractivity contribution in [1.82, 2.24) is 20.9 Å². The fourth-order valence-corrected chi connectivity index (χ4v) is 4.77. The van der Waals surface area contributed by atoms with Crippen LogP contribution in [-0.4, -0.2) is 68.4 Å². The van der Waals surface area contributed by atoms with E-state index in [1.54, 1.807) is 0 Å². The number of nitrogens with one attached hydrogen (secondary N) is 3. The summed E-state index contributed by atoms with van der Waals surface area (Å²) < 4.78 is 0. The molecule has 0 aliphatic heterocycles. The molecule has 3 aromatic rings. The van der Waals surface area contributed by atoms with Crippen LogP contribution in [0.5, 0.6) is 0 Å². The topological polar surface area (TPSA) is 155 Å². The monoisotopic (exact) mass is 599 g/mol. The lowest BCUT2D eigenvalue weighted by atomic mass is 9.90. The van der Waals surface area contributed by atoms with Crippen molar-refractivity contribution in [3.05, 3.63) is 107 Å². The Balaban J connectivity index is 1.63. The first-order chi connectivity index (χ1) is 21.2. The largest absolute Gasteiger partial charge is 0.370 e. The molecule has 1 atom stereocenters. The highest BCUT2D eigenvalue weighted by Crippen LogP contribution is 2.25. The van der Waals surface area contributed by atoms with E-state index in [2.05, 4.69) is 25.8 Å². The summed E-state index contributed by atoms with van der Waals surface area (Å²) in [6.45, 7) is 2.18. The standard InChI is InChI=1S/C34H45N7O3/c1-41(2)22-10-21-37-30(42)23-25-16-18-26(19-17-25)24-39-32(43)29(15-9-20-38-34(35)36)40-33(44)31(27-11-5-3-6-12-27)28-13-7-4-8-14-28/h3-8,11-14,16-19,29,31H,9-10,15,20-24H2,1-2H3,(H,37,42)(H,39,43)(H,40,44)(H4,35,36,38)/t29-/m1/s1. The predicted molar refractivity (Wildman–Crippen MR) is 175 cm³/mol. The summed E-state index contributed by atoms with van der Waals surface area (Å²) in [6.07, 6.45) is 2.05. The number of carbonyl (C=O) groups is 3. The second-order valence-electron chi connectivity index (χ2n) is 11.0. The van der Waals surface area contributed by atoms with Crippen molar-refractivity contribution in [1.29, 1.82) is 0 Å². The Morgan fingerprint density at radius 2 is 1.36 bits per heavy atom. The highest BCUT2D eigenvalue weighted by atomic mass is 16.2. The lowest BCUT2D eigenvalue weighted by molar-refractivity contribution is -0.129. The smallest absolute Gasteiger partial charge is 0.242 e. The number of nitrogens with zero attached hydrogens (tertiary/aromatic N) is 2. The molecular formula is C34H45N7O3. The van der Waals surface area contributed by atoms with E-state index in [0.717, 1.165) is 35.2 Å². The molecule has 7 N–H and O–H groups in total. The third kappa shape index (κ3) is 11.9. The maximum Gasteiger partial charge on any atom is 0.242 e. The maximum absolute atomic E-state index is 13.7. The van der Waals surface area contributed by atoms with Crippen LogP contribution in [0.3, 0.4) is 0 Å². The van der Waals surface area contributed by atoms with Crippen LogP contribution in [0.25, 0.3) is 0 Å². The Labute approximate surface area is 260 Å². The van der Waals surface area contributed by atoms with Crippen molar-refractivity contribution in [3.8, 4) is 0 Å². The SMILES string of the molecule is CN(C)CCCNC(=O)Cc1ccc(CNC(=O)[C@@H](CCCN=C(N)N)NC(=O)C(c2ccccc2)c2ccccc2)cc1. The van der Waals surface area contributed by atoms with Crippen LogP contribution in [0, 0.1) is 0 Å². The highest BCUT2D eigenvalue weighted by molar-refractivity contribution is 5.92. The molecule has 10 nitrogen and oxygen atoms in total. The van der Waals surface area contributed by atoms with Gasteiger partial charge in [-0.2, -0.15) is 0 Å². The molecule has 0 radical (unpaired) electrons. The lowest BCUT2D eigenvalue weighted by Crippen LogP contribution is -2.48. The Hall–Kier alpha value is -4.70. The van der Waals surface area contributed by atoms with Gasteiger partial charge in [0, 0.05) is 19.6 Å². The molecule has 0 unspecified atom stereocenters. The summed E-state index contributed by atoms with van der Waals surface area (Å²) >= 11 is 0. The summed E-state index contributed by atoms with van der Waals surface area (Å²) in [7, 11) is 4.01. The van der Waals surface area contributed by atoms with Crippen molar-refractivity contribution < 1.29 is 14.4 Å². The number of hydrogen-bond donors (Lipinski definition) is 5. The van der Waals surface area contributed by atoms with E-state index in [4.69, 9.17) is 11.5 Å². The van der Waals surface area contributed by atoms with E-state index < -0.39 is 12.0 Å². The lowest BCUT2D eigenvalue weighted by Gasteiger charge is -2.23. The second-order valence-corrected chi connectivity index (χ2v) is 11.0. The molecule has 3 aromatic carbocycles. The Morgan fingerprint density at radius 1 is 0.773 bits per heavy atom. The van der Waals surface area contributed by atoms with Crippen LogP contribution in [0.15, 0.2) is 89.9 Å². The summed E-state index contributed by atoms with van der Waals surface area (Å²) in [5, 5.41) is 8.89. The summed E-state index contributed by atoms with van der Waals surface area (Å²) in [5.41, 5.74) is 14.4. The third-order valence-electron chi connectivity index (χ3n) is 7.06. The van der Waals surface area contributed by atoms with Gasteiger partial charge in [0.05, 0.1) is 12.3 Å². The quantitative estimate of drug-likeness (QED) is 0.0911. The first-order valence-electron chi connectivity index (χ1n) is 15.0. The molecule has 0 fully saturated rings. The Morgan fingerprint density at radius 3 is 1.93 bits per heavy atom. The van der Waals surface area contributed by atoms with Crippen molar-refractivity contribution in [3.63, 3.8) is 0 Å². The summed E-state index contributed by atoms with van der Waals surface area (Å²) in [6, 6.07) is 25.8. The average Bonchev–Trinajstić information content (AvgIpc) is 3.01. The summed E-state index contributed by atoms with van der Waals surface area (Å²) in [4.78, 5) is 45.5. The van der Waals surface area contributed by atoms with Crippen LogP contribution in [0.1, 0.15) is 47.4 Å². The molecule has 0 spiro atoms. The molecular weight excluding hydrogens is 554 g/mol. The number of amides is 3. The Kier molecular flexibility index (Phi) is 13.9. The molecule has 0 heterocycles. The van der Waals surface area contributed by atoms with Crippen molar-refractivity contribution in [2.45, 2.75) is 44.2 Å². The van der Waals surface area contributed by atoms with E-state index in [1.807, 2.05) is 99.0 Å². The zero-order chi connectivity index (χ0) is 31.7. The van der Waals surface area contributed by atoms with Gasteiger partial charge in [0.1, 0.15) is 6.04 Å². The van der Waals surface area contributed by atoms with Crippen molar-refractivity contribution in [2.24, 2.45) is 16.5 Å². The van der Waals surface area contributed by atoms with Gasteiger partial charge in [0.15, 0.2) is 5.96 Å². The van der Waals surface area contributed by atoms with Gasteiger partial charge in [-0.15, -0.1) is 0 Å². The molecule has 0 saturated heterocycles. The minimum Gasteiger partial charge on any atom is -0.370 e. The molecule has 0 bridgehead atoms. The van der Waals surface area contributed by atoms with Crippen LogP contribution >= 0.6 is 0 Å². The fourth-order valence-electron chi connectivity index (χ4n) is 4.77. The van der Waals surface area contributed by atoms with E-state index >= 15 is 0 Å². The Bertz CT molecular complexity index is 1300. The molecule has 0 aliphatic carbocycles. The molecule has 3 amide bonds. The van der Waals surface area contributed by atoms with Crippen molar-refractivity contribution in [2.75, 3.05) is 33.7 Å². The van der Waals surface area contributed by atoms with Gasteiger partial charge in [0.25, 0.3) is 0 Å². The average molecular weight is 600 g/mol. The minimum absolute atomic E-state index is 0.0199. The number of rotatable bonds is 17. The zero-order valence-corrected chi connectivity index (χ0v) is 25.7.